The van der Waals surface area contributed by atoms with E-state index in [-0.39, 0.29) is 11.8 Å². The molecule has 86 valence electrons. The molecule has 0 aliphatic carbocycles. The van der Waals surface area contributed by atoms with E-state index in [2.05, 4.69) is 5.32 Å². The Morgan fingerprint density at radius 2 is 2.12 bits per heavy atom. The van der Waals surface area contributed by atoms with Gasteiger partial charge in [0, 0.05) is 17.3 Å². The average molecular weight is 240 g/mol. The van der Waals surface area contributed by atoms with Gasteiger partial charge in [0.05, 0.1) is 12.5 Å². The number of benzene rings is 1. The minimum absolute atomic E-state index is 0.0237. The SMILES string of the molecule is O=C(Nc1ccc(Cl)cc1)C1CCCOC1. The fourth-order valence-corrected chi connectivity index (χ4v) is 1.85. The largest absolute Gasteiger partial charge is 0.381 e. The molecular formula is C12H14ClNO2. The van der Waals surface area contributed by atoms with Crippen LogP contribution in [0.3, 0.4) is 0 Å². The first-order valence-corrected chi connectivity index (χ1v) is 5.77. The third-order valence-corrected chi connectivity index (χ3v) is 2.89. The molecule has 1 N–H and O–H groups in total. The average Bonchev–Trinajstić information content (AvgIpc) is 2.33. The second-order valence-corrected chi connectivity index (χ2v) is 4.35. The van der Waals surface area contributed by atoms with Gasteiger partial charge in [-0.2, -0.15) is 0 Å². The minimum Gasteiger partial charge on any atom is -0.381 e. The molecule has 0 radical (unpaired) electrons. The molecule has 1 aromatic carbocycles. The summed E-state index contributed by atoms with van der Waals surface area (Å²) in [7, 11) is 0. The highest BCUT2D eigenvalue weighted by atomic mass is 35.5. The number of anilines is 1. The van der Waals surface area contributed by atoms with E-state index in [1.54, 1.807) is 24.3 Å². The van der Waals surface area contributed by atoms with Gasteiger partial charge in [-0.15, -0.1) is 0 Å². The fraction of sp³-hybridized carbons (Fsp3) is 0.417. The normalized spacial score (nSPS) is 20.4. The molecule has 0 bridgehead atoms. The summed E-state index contributed by atoms with van der Waals surface area (Å²) in [4.78, 5) is 11.8. The summed E-state index contributed by atoms with van der Waals surface area (Å²) < 4.78 is 5.28. The van der Waals surface area contributed by atoms with E-state index in [4.69, 9.17) is 16.3 Å². The van der Waals surface area contributed by atoms with Crippen molar-refractivity contribution in [2.24, 2.45) is 5.92 Å². The Labute approximate surface area is 99.7 Å². The van der Waals surface area contributed by atoms with Crippen LogP contribution < -0.4 is 5.32 Å². The number of hydrogen-bond acceptors (Lipinski definition) is 2. The van der Waals surface area contributed by atoms with E-state index in [9.17, 15) is 4.79 Å². The van der Waals surface area contributed by atoms with Crippen LogP contribution in [-0.4, -0.2) is 19.1 Å². The second-order valence-electron chi connectivity index (χ2n) is 3.91. The maximum atomic E-state index is 11.8. The van der Waals surface area contributed by atoms with Crippen molar-refractivity contribution in [3.05, 3.63) is 29.3 Å². The quantitative estimate of drug-likeness (QED) is 0.862. The van der Waals surface area contributed by atoms with Crippen LogP contribution in [0, 0.1) is 5.92 Å². The molecule has 3 nitrogen and oxygen atoms in total. The molecule has 1 saturated heterocycles. The topological polar surface area (TPSA) is 38.3 Å². The van der Waals surface area contributed by atoms with Gasteiger partial charge in [-0.3, -0.25) is 4.79 Å². The van der Waals surface area contributed by atoms with Crippen LogP contribution in [0.25, 0.3) is 0 Å². The van der Waals surface area contributed by atoms with E-state index in [1.807, 2.05) is 0 Å². The molecule has 1 heterocycles. The maximum absolute atomic E-state index is 11.8. The van der Waals surface area contributed by atoms with Crippen LogP contribution in [0.15, 0.2) is 24.3 Å². The Hall–Kier alpha value is -1.06. The molecule has 1 aromatic rings. The molecular weight excluding hydrogens is 226 g/mol. The number of hydrogen-bond donors (Lipinski definition) is 1. The summed E-state index contributed by atoms with van der Waals surface area (Å²) in [5.41, 5.74) is 0.778. The maximum Gasteiger partial charge on any atom is 0.229 e. The standard InChI is InChI=1S/C12H14ClNO2/c13-10-3-5-11(6-4-10)14-12(15)9-2-1-7-16-8-9/h3-6,9H,1-2,7-8H2,(H,14,15). The van der Waals surface area contributed by atoms with Gasteiger partial charge >= 0.3 is 0 Å². The summed E-state index contributed by atoms with van der Waals surface area (Å²) >= 11 is 5.76. The number of halogens is 1. The van der Waals surface area contributed by atoms with Crippen molar-refractivity contribution >= 4 is 23.2 Å². The van der Waals surface area contributed by atoms with E-state index in [0.29, 0.717) is 11.6 Å². The zero-order chi connectivity index (χ0) is 11.4. The first kappa shape index (κ1) is 11.4. The van der Waals surface area contributed by atoms with Crippen molar-refractivity contribution in [3.63, 3.8) is 0 Å². The Bertz CT molecular complexity index is 358. The summed E-state index contributed by atoms with van der Waals surface area (Å²) in [6.07, 6.45) is 1.86. The third kappa shape index (κ3) is 2.97. The van der Waals surface area contributed by atoms with Gasteiger partial charge in [0.15, 0.2) is 0 Å². The number of carbonyl (C=O) groups is 1. The molecule has 1 aliphatic rings. The molecule has 1 atom stereocenters. The highest BCUT2D eigenvalue weighted by Crippen LogP contribution is 2.18. The molecule has 0 spiro atoms. The lowest BCUT2D eigenvalue weighted by molar-refractivity contribution is -0.123. The van der Waals surface area contributed by atoms with E-state index in [0.717, 1.165) is 25.1 Å². The van der Waals surface area contributed by atoms with E-state index < -0.39 is 0 Å². The molecule has 1 fully saturated rings. The summed E-state index contributed by atoms with van der Waals surface area (Å²) in [5, 5.41) is 3.53. The number of nitrogens with one attached hydrogen (secondary N) is 1. The lowest BCUT2D eigenvalue weighted by atomic mass is 10.0. The lowest BCUT2D eigenvalue weighted by Crippen LogP contribution is -2.30. The molecule has 1 amide bonds. The van der Waals surface area contributed by atoms with Gasteiger partial charge in [0.1, 0.15) is 0 Å². The molecule has 1 aliphatic heterocycles. The zero-order valence-electron chi connectivity index (χ0n) is 8.91. The van der Waals surface area contributed by atoms with Crippen molar-refractivity contribution in [3.8, 4) is 0 Å². The molecule has 16 heavy (non-hydrogen) atoms. The Kier molecular flexibility index (Phi) is 3.80. The van der Waals surface area contributed by atoms with Gasteiger partial charge in [0.25, 0.3) is 0 Å². The monoisotopic (exact) mass is 239 g/mol. The van der Waals surface area contributed by atoms with Gasteiger partial charge in [-0.05, 0) is 37.1 Å². The third-order valence-electron chi connectivity index (χ3n) is 2.64. The van der Waals surface area contributed by atoms with Crippen LogP contribution in [0.5, 0.6) is 0 Å². The van der Waals surface area contributed by atoms with Crippen LogP contribution in [0.2, 0.25) is 5.02 Å². The zero-order valence-corrected chi connectivity index (χ0v) is 9.67. The Morgan fingerprint density at radius 1 is 1.38 bits per heavy atom. The molecule has 0 saturated carbocycles. The number of amides is 1. The molecule has 4 heteroatoms. The van der Waals surface area contributed by atoms with Crippen molar-refractivity contribution < 1.29 is 9.53 Å². The van der Waals surface area contributed by atoms with Crippen molar-refractivity contribution in [1.82, 2.24) is 0 Å². The lowest BCUT2D eigenvalue weighted by Gasteiger charge is -2.21. The van der Waals surface area contributed by atoms with E-state index in [1.165, 1.54) is 0 Å². The molecule has 2 rings (SSSR count). The van der Waals surface area contributed by atoms with Crippen molar-refractivity contribution in [2.45, 2.75) is 12.8 Å². The van der Waals surface area contributed by atoms with Crippen LogP contribution in [-0.2, 0) is 9.53 Å². The predicted octanol–water partition coefficient (Wildman–Crippen LogP) is 2.71. The highest BCUT2D eigenvalue weighted by Gasteiger charge is 2.21. The van der Waals surface area contributed by atoms with Crippen LogP contribution in [0.4, 0.5) is 5.69 Å². The first-order chi connectivity index (χ1) is 7.75. The number of carbonyl (C=O) groups excluding carboxylic acids is 1. The van der Waals surface area contributed by atoms with Crippen molar-refractivity contribution in [1.29, 1.82) is 0 Å². The minimum atomic E-state index is -0.0237. The van der Waals surface area contributed by atoms with Gasteiger partial charge in [-0.1, -0.05) is 11.6 Å². The van der Waals surface area contributed by atoms with Crippen LogP contribution in [0.1, 0.15) is 12.8 Å². The second kappa shape index (κ2) is 5.32. The number of rotatable bonds is 2. The van der Waals surface area contributed by atoms with Gasteiger partial charge < -0.3 is 10.1 Å². The highest BCUT2D eigenvalue weighted by molar-refractivity contribution is 6.30. The van der Waals surface area contributed by atoms with Crippen LogP contribution >= 0.6 is 11.6 Å². The fourth-order valence-electron chi connectivity index (χ4n) is 1.73. The Balaban J connectivity index is 1.93. The number of ether oxygens (including phenoxy) is 1. The van der Waals surface area contributed by atoms with E-state index >= 15 is 0 Å². The smallest absolute Gasteiger partial charge is 0.229 e. The predicted molar refractivity (Wildman–Crippen MR) is 63.6 cm³/mol. The Morgan fingerprint density at radius 3 is 2.75 bits per heavy atom. The summed E-state index contributed by atoms with van der Waals surface area (Å²) in [5.74, 6) is 0.00597. The summed E-state index contributed by atoms with van der Waals surface area (Å²) in [6, 6.07) is 7.11. The molecule has 1 unspecified atom stereocenters. The van der Waals surface area contributed by atoms with Gasteiger partial charge in [-0.25, -0.2) is 0 Å². The molecule has 0 aromatic heterocycles. The first-order valence-electron chi connectivity index (χ1n) is 5.40. The summed E-state index contributed by atoms with van der Waals surface area (Å²) in [6.45, 7) is 1.30. The van der Waals surface area contributed by atoms with Gasteiger partial charge in [0.2, 0.25) is 5.91 Å². The van der Waals surface area contributed by atoms with Crippen molar-refractivity contribution in [2.75, 3.05) is 18.5 Å².